The number of thiazole rings is 1. The SMILES string of the molecule is CCOc1ccc(-c2nc(C(=O)OCc3ccc(C)s3)cs2)cc1. The largest absolute Gasteiger partial charge is 0.494 e. The number of carbonyl (C=O) groups excluding carboxylic acids is 1. The smallest absolute Gasteiger partial charge is 0.358 e. The van der Waals surface area contributed by atoms with Crippen molar-refractivity contribution in [3.05, 3.63) is 57.2 Å². The summed E-state index contributed by atoms with van der Waals surface area (Å²) in [7, 11) is 0. The third kappa shape index (κ3) is 4.01. The summed E-state index contributed by atoms with van der Waals surface area (Å²) in [5.74, 6) is 0.429. The van der Waals surface area contributed by atoms with E-state index in [1.807, 2.05) is 50.2 Å². The van der Waals surface area contributed by atoms with Crippen molar-refractivity contribution in [2.45, 2.75) is 20.5 Å². The van der Waals surface area contributed by atoms with E-state index in [1.54, 1.807) is 16.7 Å². The first-order valence-electron chi connectivity index (χ1n) is 7.57. The lowest BCUT2D eigenvalue weighted by atomic mass is 10.2. The number of hydrogen-bond acceptors (Lipinski definition) is 6. The minimum Gasteiger partial charge on any atom is -0.494 e. The Labute approximate surface area is 148 Å². The van der Waals surface area contributed by atoms with Crippen LogP contribution in [0, 0.1) is 6.92 Å². The molecular formula is C18H17NO3S2. The zero-order chi connectivity index (χ0) is 16.9. The van der Waals surface area contributed by atoms with Crippen molar-refractivity contribution in [3.8, 4) is 16.3 Å². The van der Waals surface area contributed by atoms with Gasteiger partial charge in [-0.2, -0.15) is 0 Å². The summed E-state index contributed by atoms with van der Waals surface area (Å²) in [6.45, 7) is 4.90. The molecule has 3 aromatic rings. The molecule has 1 aromatic carbocycles. The maximum atomic E-state index is 12.1. The van der Waals surface area contributed by atoms with Crippen molar-refractivity contribution in [3.63, 3.8) is 0 Å². The number of esters is 1. The number of ether oxygens (including phenoxy) is 2. The second-order valence-corrected chi connectivity index (χ2v) is 7.31. The first-order chi connectivity index (χ1) is 11.7. The second-order valence-electron chi connectivity index (χ2n) is 5.08. The summed E-state index contributed by atoms with van der Waals surface area (Å²) in [4.78, 5) is 18.7. The number of nitrogens with zero attached hydrogens (tertiary/aromatic N) is 1. The topological polar surface area (TPSA) is 48.4 Å². The Morgan fingerprint density at radius 1 is 1.17 bits per heavy atom. The van der Waals surface area contributed by atoms with Crippen molar-refractivity contribution < 1.29 is 14.3 Å². The first-order valence-corrected chi connectivity index (χ1v) is 9.26. The second kappa shape index (κ2) is 7.59. The van der Waals surface area contributed by atoms with Gasteiger partial charge in [0, 0.05) is 20.7 Å². The van der Waals surface area contributed by atoms with Gasteiger partial charge in [0.15, 0.2) is 5.69 Å². The molecule has 2 aromatic heterocycles. The molecule has 3 rings (SSSR count). The molecule has 0 spiro atoms. The number of carbonyl (C=O) groups is 1. The molecule has 4 nitrogen and oxygen atoms in total. The molecular weight excluding hydrogens is 342 g/mol. The lowest BCUT2D eigenvalue weighted by Crippen LogP contribution is -2.04. The predicted molar refractivity (Wildman–Crippen MR) is 96.9 cm³/mol. The summed E-state index contributed by atoms with van der Waals surface area (Å²) < 4.78 is 10.7. The number of aromatic nitrogens is 1. The zero-order valence-electron chi connectivity index (χ0n) is 13.4. The van der Waals surface area contributed by atoms with Crippen molar-refractivity contribution in [1.29, 1.82) is 0 Å². The van der Waals surface area contributed by atoms with Gasteiger partial charge in [0.05, 0.1) is 6.61 Å². The summed E-state index contributed by atoms with van der Waals surface area (Å²) in [6, 6.07) is 11.7. The molecule has 124 valence electrons. The van der Waals surface area contributed by atoms with Gasteiger partial charge in [-0.05, 0) is 50.2 Å². The van der Waals surface area contributed by atoms with Crippen LogP contribution in [0.1, 0.15) is 27.2 Å². The number of rotatable bonds is 6. The van der Waals surface area contributed by atoms with Gasteiger partial charge in [0.25, 0.3) is 0 Å². The van der Waals surface area contributed by atoms with E-state index in [9.17, 15) is 4.79 Å². The minimum absolute atomic E-state index is 0.285. The summed E-state index contributed by atoms with van der Waals surface area (Å²) in [6.07, 6.45) is 0. The molecule has 0 bridgehead atoms. The van der Waals surface area contributed by atoms with Crippen LogP contribution in [0.25, 0.3) is 10.6 Å². The van der Waals surface area contributed by atoms with E-state index in [1.165, 1.54) is 16.2 Å². The predicted octanol–water partition coefficient (Wildman–Crippen LogP) is 4.94. The maximum absolute atomic E-state index is 12.1. The fourth-order valence-corrected chi connectivity index (χ4v) is 3.73. The maximum Gasteiger partial charge on any atom is 0.358 e. The molecule has 2 heterocycles. The van der Waals surface area contributed by atoms with Gasteiger partial charge in [0.2, 0.25) is 0 Å². The average molecular weight is 359 g/mol. The monoisotopic (exact) mass is 359 g/mol. The van der Waals surface area contributed by atoms with Gasteiger partial charge in [-0.15, -0.1) is 22.7 Å². The minimum atomic E-state index is -0.394. The van der Waals surface area contributed by atoms with Gasteiger partial charge >= 0.3 is 5.97 Å². The van der Waals surface area contributed by atoms with Crippen molar-refractivity contribution in [2.24, 2.45) is 0 Å². The van der Waals surface area contributed by atoms with Gasteiger partial charge in [-0.25, -0.2) is 9.78 Å². The quantitative estimate of drug-likeness (QED) is 0.585. The van der Waals surface area contributed by atoms with Crippen molar-refractivity contribution in [1.82, 2.24) is 4.98 Å². The van der Waals surface area contributed by atoms with E-state index in [0.29, 0.717) is 12.3 Å². The molecule has 0 amide bonds. The summed E-state index contributed by atoms with van der Waals surface area (Å²) >= 11 is 3.05. The molecule has 0 fully saturated rings. The Bertz CT molecular complexity index is 821. The molecule has 0 atom stereocenters. The van der Waals surface area contributed by atoms with Crippen LogP contribution >= 0.6 is 22.7 Å². The van der Waals surface area contributed by atoms with Gasteiger partial charge in [-0.1, -0.05) is 0 Å². The first kappa shape index (κ1) is 16.7. The fourth-order valence-electron chi connectivity index (χ4n) is 2.13. The Kier molecular flexibility index (Phi) is 5.27. The zero-order valence-corrected chi connectivity index (χ0v) is 15.1. The highest BCUT2D eigenvalue weighted by Gasteiger charge is 2.14. The van der Waals surface area contributed by atoms with Crippen LogP contribution in [0.5, 0.6) is 5.75 Å². The number of benzene rings is 1. The lowest BCUT2D eigenvalue weighted by molar-refractivity contribution is 0.0471. The van der Waals surface area contributed by atoms with E-state index in [4.69, 9.17) is 9.47 Å². The molecule has 0 N–H and O–H groups in total. The molecule has 0 saturated heterocycles. The number of hydrogen-bond donors (Lipinski definition) is 0. The molecule has 0 aliphatic rings. The third-order valence-electron chi connectivity index (χ3n) is 3.27. The van der Waals surface area contributed by atoms with Gasteiger partial charge in [-0.3, -0.25) is 0 Å². The number of thiophene rings is 1. The van der Waals surface area contributed by atoms with E-state index in [2.05, 4.69) is 4.98 Å². The normalized spacial score (nSPS) is 10.6. The Morgan fingerprint density at radius 3 is 2.62 bits per heavy atom. The van der Waals surface area contributed by atoms with Crippen LogP contribution in [-0.4, -0.2) is 17.6 Å². The highest BCUT2D eigenvalue weighted by Crippen LogP contribution is 2.26. The summed E-state index contributed by atoms with van der Waals surface area (Å²) in [5.41, 5.74) is 1.30. The Morgan fingerprint density at radius 2 is 1.96 bits per heavy atom. The van der Waals surface area contributed by atoms with Crippen LogP contribution in [0.3, 0.4) is 0 Å². The standard InChI is InChI=1S/C18H17NO3S2/c1-3-21-14-7-5-13(6-8-14)17-19-16(11-23-17)18(20)22-10-15-9-4-12(2)24-15/h4-9,11H,3,10H2,1-2H3. The Hall–Kier alpha value is -2.18. The van der Waals surface area contributed by atoms with Crippen LogP contribution in [0.4, 0.5) is 0 Å². The molecule has 0 aliphatic carbocycles. The molecule has 0 radical (unpaired) electrons. The van der Waals surface area contributed by atoms with Crippen LogP contribution in [-0.2, 0) is 11.3 Å². The Balaban J connectivity index is 1.64. The summed E-state index contributed by atoms with van der Waals surface area (Å²) in [5, 5.41) is 2.52. The molecule has 0 unspecified atom stereocenters. The van der Waals surface area contributed by atoms with Crippen molar-refractivity contribution >= 4 is 28.6 Å². The third-order valence-corrected chi connectivity index (χ3v) is 5.13. The highest BCUT2D eigenvalue weighted by atomic mass is 32.1. The van der Waals surface area contributed by atoms with E-state index in [-0.39, 0.29) is 6.61 Å². The molecule has 0 saturated carbocycles. The lowest BCUT2D eigenvalue weighted by Gasteiger charge is -2.03. The van der Waals surface area contributed by atoms with E-state index < -0.39 is 5.97 Å². The van der Waals surface area contributed by atoms with Gasteiger partial charge < -0.3 is 9.47 Å². The highest BCUT2D eigenvalue weighted by molar-refractivity contribution is 7.13. The van der Waals surface area contributed by atoms with E-state index >= 15 is 0 Å². The van der Waals surface area contributed by atoms with Gasteiger partial charge in [0.1, 0.15) is 17.4 Å². The van der Waals surface area contributed by atoms with Crippen molar-refractivity contribution in [2.75, 3.05) is 6.61 Å². The van der Waals surface area contributed by atoms with E-state index in [0.717, 1.165) is 21.2 Å². The number of aryl methyl sites for hydroxylation is 1. The molecule has 0 aliphatic heterocycles. The molecule has 24 heavy (non-hydrogen) atoms. The fraction of sp³-hybridized carbons (Fsp3) is 0.222. The molecule has 6 heteroatoms. The van der Waals surface area contributed by atoms with Crippen LogP contribution in [0.15, 0.2) is 41.8 Å². The van der Waals surface area contributed by atoms with Crippen LogP contribution in [0.2, 0.25) is 0 Å². The average Bonchev–Trinajstić information content (AvgIpc) is 3.23. The van der Waals surface area contributed by atoms with Crippen LogP contribution < -0.4 is 4.74 Å².